The fourth-order valence-electron chi connectivity index (χ4n) is 1.47. The quantitative estimate of drug-likeness (QED) is 0.519. The van der Waals surface area contributed by atoms with E-state index in [1.54, 1.807) is 12.1 Å². The number of allylic oxidation sites excluding steroid dienone is 1. The molecule has 1 fully saturated rings. The lowest BCUT2D eigenvalue weighted by Crippen LogP contribution is -2.26. The van der Waals surface area contributed by atoms with Crippen molar-refractivity contribution < 1.29 is 4.74 Å². The first-order chi connectivity index (χ1) is 7.03. The average Bonchev–Trinajstić information content (AvgIpc) is 2.95. The van der Waals surface area contributed by atoms with Gasteiger partial charge in [-0.1, -0.05) is 13.8 Å². The minimum Gasteiger partial charge on any atom is -0.397 e. The molecule has 15 heavy (non-hydrogen) atoms. The van der Waals surface area contributed by atoms with Gasteiger partial charge in [0.2, 0.25) is 5.60 Å². The van der Waals surface area contributed by atoms with Gasteiger partial charge >= 0.3 is 0 Å². The van der Waals surface area contributed by atoms with Gasteiger partial charge in [0.1, 0.15) is 24.3 Å². The normalized spacial score (nSPS) is 27.3. The zero-order chi connectivity index (χ0) is 11.6. The van der Waals surface area contributed by atoms with Gasteiger partial charge in [0.15, 0.2) is 5.57 Å². The number of nitrogens with zero attached hydrogens (tertiary/aromatic N) is 3. The van der Waals surface area contributed by atoms with Gasteiger partial charge in [-0.2, -0.15) is 15.8 Å². The molecule has 1 heterocycles. The number of hydrogen-bond donors (Lipinski definition) is 1. The van der Waals surface area contributed by atoms with E-state index in [9.17, 15) is 0 Å². The molecule has 0 aliphatic carbocycles. The molecule has 0 aromatic carbocycles. The van der Waals surface area contributed by atoms with Crippen LogP contribution in [0, 0.1) is 39.9 Å². The highest BCUT2D eigenvalue weighted by Gasteiger charge is 2.62. The second kappa shape index (κ2) is 3.61. The number of ether oxygens (including phenoxy) is 1. The Hall–Kier alpha value is -2.03. The van der Waals surface area contributed by atoms with Crippen LogP contribution in [0.2, 0.25) is 0 Å². The van der Waals surface area contributed by atoms with Crippen molar-refractivity contribution >= 4 is 0 Å². The number of nitrogens with two attached hydrogens (primary N) is 1. The molecule has 0 aromatic heterocycles. The van der Waals surface area contributed by atoms with Gasteiger partial charge in [-0.25, -0.2) is 0 Å². The van der Waals surface area contributed by atoms with Crippen LogP contribution in [-0.2, 0) is 4.74 Å². The molecule has 1 aliphatic rings. The second-order valence-corrected chi connectivity index (χ2v) is 3.64. The van der Waals surface area contributed by atoms with Crippen molar-refractivity contribution in [3.63, 3.8) is 0 Å². The first-order valence-electron chi connectivity index (χ1n) is 4.43. The smallest absolute Gasteiger partial charge is 0.222 e. The fraction of sp³-hybridized carbons (Fsp3) is 0.500. The summed E-state index contributed by atoms with van der Waals surface area (Å²) in [7, 11) is 0. The lowest BCUT2D eigenvalue weighted by atomic mass is 9.93. The Bertz CT molecular complexity index is 416. The first kappa shape index (κ1) is 11.0. The Labute approximate surface area is 88.0 Å². The highest BCUT2D eigenvalue weighted by molar-refractivity contribution is 5.49. The summed E-state index contributed by atoms with van der Waals surface area (Å²) in [6, 6.07) is 5.23. The van der Waals surface area contributed by atoms with E-state index in [0.717, 1.165) is 0 Å². The third kappa shape index (κ3) is 1.52. The number of nitriles is 3. The van der Waals surface area contributed by atoms with E-state index in [1.165, 1.54) is 0 Å². The summed E-state index contributed by atoms with van der Waals surface area (Å²) in [5.41, 5.74) is 4.01. The Kier molecular flexibility index (Phi) is 2.66. The van der Waals surface area contributed by atoms with E-state index in [1.807, 2.05) is 19.9 Å². The summed E-state index contributed by atoms with van der Waals surface area (Å²) in [4.78, 5) is 0. The van der Waals surface area contributed by atoms with Crippen molar-refractivity contribution in [2.75, 3.05) is 0 Å². The molecular weight excluding hydrogens is 192 g/mol. The van der Waals surface area contributed by atoms with Crippen molar-refractivity contribution in [3.8, 4) is 18.2 Å². The summed E-state index contributed by atoms with van der Waals surface area (Å²) >= 11 is 0. The highest BCUT2D eigenvalue weighted by Crippen LogP contribution is 2.45. The van der Waals surface area contributed by atoms with Crippen molar-refractivity contribution in [1.82, 2.24) is 0 Å². The molecule has 1 saturated heterocycles. The predicted molar refractivity (Wildman–Crippen MR) is 50.5 cm³/mol. The zero-order valence-corrected chi connectivity index (χ0v) is 8.48. The molecule has 0 bridgehead atoms. The van der Waals surface area contributed by atoms with Crippen molar-refractivity contribution in [1.29, 1.82) is 15.8 Å². The first-order valence-corrected chi connectivity index (χ1v) is 4.43. The molecule has 0 radical (unpaired) electrons. The van der Waals surface area contributed by atoms with Gasteiger partial charge < -0.3 is 10.5 Å². The van der Waals surface area contributed by atoms with Crippen molar-refractivity contribution in [2.24, 2.45) is 11.7 Å². The third-order valence-corrected chi connectivity index (χ3v) is 2.32. The van der Waals surface area contributed by atoms with E-state index in [2.05, 4.69) is 0 Å². The lowest BCUT2D eigenvalue weighted by Gasteiger charge is -2.05. The Morgan fingerprint density at radius 3 is 2.13 bits per heavy atom. The van der Waals surface area contributed by atoms with Crippen LogP contribution < -0.4 is 5.73 Å². The predicted octanol–water partition coefficient (Wildman–Crippen LogP) is 0.564. The van der Waals surface area contributed by atoms with Gasteiger partial charge in [-0.05, 0) is 5.92 Å². The summed E-state index contributed by atoms with van der Waals surface area (Å²) in [5, 5.41) is 26.2. The molecule has 2 atom stereocenters. The van der Waals surface area contributed by atoms with Gasteiger partial charge in [0, 0.05) is 0 Å². The molecule has 0 unspecified atom stereocenters. The number of hydrogen-bond acceptors (Lipinski definition) is 5. The molecule has 76 valence electrons. The second-order valence-electron chi connectivity index (χ2n) is 3.64. The summed E-state index contributed by atoms with van der Waals surface area (Å²) in [6.07, 6.45) is -0.334. The highest BCUT2D eigenvalue weighted by atomic mass is 16.6. The monoisotopic (exact) mass is 202 g/mol. The van der Waals surface area contributed by atoms with Crippen molar-refractivity contribution in [3.05, 3.63) is 11.3 Å². The molecule has 0 amide bonds. The van der Waals surface area contributed by atoms with Crippen LogP contribution in [0.4, 0.5) is 0 Å². The molecular formula is C10H10N4O. The van der Waals surface area contributed by atoms with Crippen LogP contribution in [0.3, 0.4) is 0 Å². The Morgan fingerprint density at radius 1 is 1.33 bits per heavy atom. The topological polar surface area (TPSA) is 110 Å². The lowest BCUT2D eigenvalue weighted by molar-refractivity contribution is 0.324. The van der Waals surface area contributed by atoms with Crippen LogP contribution in [0.25, 0.3) is 0 Å². The molecule has 0 aromatic rings. The minimum atomic E-state index is -1.27. The Balaban J connectivity index is 3.12. The summed E-state index contributed by atoms with van der Waals surface area (Å²) in [5.74, 6) is 0.113. The Morgan fingerprint density at radius 2 is 1.87 bits per heavy atom. The van der Waals surface area contributed by atoms with E-state index in [4.69, 9.17) is 26.3 Å². The van der Waals surface area contributed by atoms with Gasteiger partial charge in [-0.15, -0.1) is 0 Å². The maximum atomic E-state index is 8.98. The number of rotatable bonds is 2. The van der Waals surface area contributed by atoms with E-state index in [-0.39, 0.29) is 23.3 Å². The van der Waals surface area contributed by atoms with E-state index in [0.29, 0.717) is 0 Å². The van der Waals surface area contributed by atoms with Gasteiger partial charge in [-0.3, -0.25) is 0 Å². The average molecular weight is 202 g/mol. The molecule has 5 heteroatoms. The molecule has 0 saturated carbocycles. The largest absolute Gasteiger partial charge is 0.397 e. The van der Waals surface area contributed by atoms with Crippen LogP contribution in [-0.4, -0.2) is 11.7 Å². The van der Waals surface area contributed by atoms with Crippen LogP contribution in [0.5, 0.6) is 0 Å². The van der Waals surface area contributed by atoms with Crippen molar-refractivity contribution in [2.45, 2.75) is 25.6 Å². The fourth-order valence-corrected chi connectivity index (χ4v) is 1.47. The van der Waals surface area contributed by atoms with Crippen LogP contribution in [0.1, 0.15) is 13.8 Å². The van der Waals surface area contributed by atoms with E-state index < -0.39 is 5.60 Å². The van der Waals surface area contributed by atoms with Crippen LogP contribution >= 0.6 is 0 Å². The molecule has 2 N–H and O–H groups in total. The standard InChI is InChI=1S/C10H10N4O/c1-6(2)9-10(5-13,15-9)8(14)7(3-11)4-12/h6,9H,14H2,1-2H3/t9-,10-/m1/s1. The minimum absolute atomic E-state index is 0.0753. The summed E-state index contributed by atoms with van der Waals surface area (Å²) in [6.45, 7) is 3.77. The maximum absolute atomic E-state index is 8.98. The molecule has 1 rings (SSSR count). The SMILES string of the molecule is CC(C)[C@H]1O[C@]1(C#N)C(N)=C(C#N)C#N. The maximum Gasteiger partial charge on any atom is 0.222 e. The molecule has 0 spiro atoms. The summed E-state index contributed by atoms with van der Waals surface area (Å²) < 4.78 is 5.22. The molecule has 1 aliphatic heterocycles. The van der Waals surface area contributed by atoms with Gasteiger partial charge in [0.25, 0.3) is 0 Å². The third-order valence-electron chi connectivity index (χ3n) is 2.32. The van der Waals surface area contributed by atoms with Gasteiger partial charge in [0.05, 0.1) is 5.70 Å². The molecule has 5 nitrogen and oxygen atoms in total. The number of epoxide rings is 1. The van der Waals surface area contributed by atoms with E-state index >= 15 is 0 Å². The zero-order valence-electron chi connectivity index (χ0n) is 8.48. The van der Waals surface area contributed by atoms with Crippen LogP contribution in [0.15, 0.2) is 11.3 Å².